The van der Waals surface area contributed by atoms with Crippen LogP contribution in [0.4, 0.5) is 0 Å². The van der Waals surface area contributed by atoms with Crippen LogP contribution in [0.1, 0.15) is 37.7 Å². The lowest BCUT2D eigenvalue weighted by molar-refractivity contribution is -0.137. The van der Waals surface area contributed by atoms with Crippen molar-refractivity contribution in [2.75, 3.05) is 6.61 Å². The highest BCUT2D eigenvalue weighted by molar-refractivity contribution is 6.02. The summed E-state index contributed by atoms with van der Waals surface area (Å²) in [5.74, 6) is 0.329. The molecule has 8 heteroatoms. The van der Waals surface area contributed by atoms with Crippen LogP contribution < -0.4 is 0 Å². The SMILES string of the molecule is CCOC(=O)/C=C/c1c(-c2cc(CC)on2)nc2c(cnn2CC)c1-c1cncc(C)c1. The molecule has 0 unspecified atom stereocenters. The Hall–Kier alpha value is -3.81. The molecule has 0 atom stereocenters. The Morgan fingerprint density at radius 1 is 1.19 bits per heavy atom. The van der Waals surface area contributed by atoms with E-state index in [4.69, 9.17) is 14.2 Å². The molecule has 0 aliphatic heterocycles. The zero-order chi connectivity index (χ0) is 22.7. The minimum absolute atomic E-state index is 0.300. The van der Waals surface area contributed by atoms with Crippen LogP contribution in [0.2, 0.25) is 0 Å². The quantitative estimate of drug-likeness (QED) is 0.311. The Morgan fingerprint density at radius 2 is 2.03 bits per heavy atom. The molecule has 0 fully saturated rings. The molecule has 0 saturated heterocycles. The number of carbonyl (C=O) groups excluding carboxylic acids is 1. The van der Waals surface area contributed by atoms with E-state index in [2.05, 4.69) is 21.3 Å². The summed E-state index contributed by atoms with van der Waals surface area (Å²) in [6.45, 7) is 8.74. The zero-order valence-electron chi connectivity index (χ0n) is 18.6. The minimum atomic E-state index is -0.425. The van der Waals surface area contributed by atoms with Gasteiger partial charge in [-0.25, -0.2) is 14.5 Å². The summed E-state index contributed by atoms with van der Waals surface area (Å²) >= 11 is 0. The van der Waals surface area contributed by atoms with Crippen LogP contribution in [0.15, 0.2) is 41.3 Å². The van der Waals surface area contributed by atoms with Crippen molar-refractivity contribution in [1.82, 2.24) is 24.9 Å². The number of esters is 1. The van der Waals surface area contributed by atoms with Gasteiger partial charge in [-0.3, -0.25) is 4.98 Å². The number of ether oxygens (including phenoxy) is 1. The van der Waals surface area contributed by atoms with Crippen LogP contribution in [0.25, 0.3) is 39.6 Å². The van der Waals surface area contributed by atoms with Gasteiger partial charge in [-0.1, -0.05) is 12.1 Å². The van der Waals surface area contributed by atoms with Crippen molar-refractivity contribution in [2.45, 2.75) is 40.7 Å². The number of hydrogen-bond donors (Lipinski definition) is 0. The van der Waals surface area contributed by atoms with Crippen LogP contribution in [0.3, 0.4) is 0 Å². The van der Waals surface area contributed by atoms with Gasteiger partial charge in [-0.2, -0.15) is 5.10 Å². The minimum Gasteiger partial charge on any atom is -0.463 e. The van der Waals surface area contributed by atoms with Crippen LogP contribution in [0, 0.1) is 6.92 Å². The molecule has 0 aliphatic rings. The first kappa shape index (κ1) is 21.4. The maximum Gasteiger partial charge on any atom is 0.330 e. The van der Waals surface area contributed by atoms with Crippen molar-refractivity contribution in [3.63, 3.8) is 0 Å². The number of nitrogens with zero attached hydrogens (tertiary/aromatic N) is 5. The van der Waals surface area contributed by atoms with E-state index in [1.54, 1.807) is 31.6 Å². The monoisotopic (exact) mass is 431 g/mol. The molecule has 0 N–H and O–H groups in total. The van der Waals surface area contributed by atoms with E-state index >= 15 is 0 Å². The molecule has 0 amide bonds. The number of aryl methyl sites for hydroxylation is 3. The molecule has 0 aromatic carbocycles. The second-order valence-electron chi connectivity index (χ2n) is 7.32. The molecule has 0 spiro atoms. The summed E-state index contributed by atoms with van der Waals surface area (Å²) in [6.07, 6.45) is 9.25. The Balaban J connectivity index is 2.07. The number of carbonyl (C=O) groups is 1. The fourth-order valence-corrected chi connectivity index (χ4v) is 3.63. The fraction of sp³-hybridized carbons (Fsp3) is 0.292. The van der Waals surface area contributed by atoms with Gasteiger partial charge >= 0.3 is 5.97 Å². The van der Waals surface area contributed by atoms with E-state index < -0.39 is 5.97 Å². The van der Waals surface area contributed by atoms with Gasteiger partial charge in [0.1, 0.15) is 17.1 Å². The Kier molecular flexibility index (Phi) is 6.11. The van der Waals surface area contributed by atoms with Gasteiger partial charge < -0.3 is 9.26 Å². The average Bonchev–Trinajstić information content (AvgIpc) is 3.43. The second-order valence-corrected chi connectivity index (χ2v) is 7.32. The van der Waals surface area contributed by atoms with Crippen molar-refractivity contribution in [3.05, 3.63) is 53.7 Å². The van der Waals surface area contributed by atoms with Crippen LogP contribution >= 0.6 is 0 Å². The summed E-state index contributed by atoms with van der Waals surface area (Å²) in [5.41, 5.74) is 5.45. The van der Waals surface area contributed by atoms with Crippen molar-refractivity contribution in [2.24, 2.45) is 0 Å². The number of fused-ring (bicyclic) bond motifs is 1. The lowest BCUT2D eigenvalue weighted by Gasteiger charge is -2.13. The lowest BCUT2D eigenvalue weighted by atomic mass is 9.95. The summed E-state index contributed by atoms with van der Waals surface area (Å²) in [5, 5.41) is 9.63. The van der Waals surface area contributed by atoms with E-state index in [9.17, 15) is 4.79 Å². The molecular weight excluding hydrogens is 406 g/mol. The number of rotatable bonds is 7. The molecule has 0 aliphatic carbocycles. The van der Waals surface area contributed by atoms with Gasteiger partial charge in [-0.15, -0.1) is 0 Å². The third-order valence-electron chi connectivity index (χ3n) is 5.11. The van der Waals surface area contributed by atoms with Crippen molar-refractivity contribution in [3.8, 4) is 22.5 Å². The molecule has 4 rings (SSSR count). The number of pyridine rings is 2. The van der Waals surface area contributed by atoms with Gasteiger partial charge in [0.2, 0.25) is 0 Å². The van der Waals surface area contributed by atoms with Crippen LogP contribution in [0.5, 0.6) is 0 Å². The normalized spacial score (nSPS) is 11.5. The maximum absolute atomic E-state index is 12.1. The number of aromatic nitrogens is 5. The molecule has 0 saturated carbocycles. The Morgan fingerprint density at radius 3 is 2.72 bits per heavy atom. The predicted molar refractivity (Wildman–Crippen MR) is 122 cm³/mol. The standard InChI is InChI=1S/C24H25N5O3/c1-5-17-11-20(28-32-17)23-18(8-9-21(30)31-7-3)22(16-10-15(4)12-25-13-16)19-14-26-29(6-2)24(19)27-23/h8-14H,5-7H2,1-4H3/b9-8+. The van der Waals surface area contributed by atoms with Crippen LogP contribution in [-0.4, -0.2) is 37.5 Å². The molecule has 4 heterocycles. The van der Waals surface area contributed by atoms with Gasteiger partial charge in [0, 0.05) is 59.6 Å². The molecule has 164 valence electrons. The maximum atomic E-state index is 12.1. The van der Waals surface area contributed by atoms with Gasteiger partial charge in [-0.05, 0) is 38.5 Å². The predicted octanol–water partition coefficient (Wildman–Crippen LogP) is 4.62. The summed E-state index contributed by atoms with van der Waals surface area (Å²) in [7, 11) is 0. The Labute approximate surface area is 185 Å². The highest BCUT2D eigenvalue weighted by Crippen LogP contribution is 2.38. The smallest absolute Gasteiger partial charge is 0.330 e. The molecule has 8 nitrogen and oxygen atoms in total. The van der Waals surface area contributed by atoms with Gasteiger partial charge in [0.05, 0.1) is 12.8 Å². The molecule has 0 bridgehead atoms. The third-order valence-corrected chi connectivity index (χ3v) is 5.11. The highest BCUT2D eigenvalue weighted by Gasteiger charge is 2.22. The first-order chi connectivity index (χ1) is 15.5. The second kappa shape index (κ2) is 9.13. The number of hydrogen-bond acceptors (Lipinski definition) is 7. The van der Waals surface area contributed by atoms with E-state index in [1.165, 1.54) is 6.08 Å². The van der Waals surface area contributed by atoms with Crippen LogP contribution in [-0.2, 0) is 22.5 Å². The topological polar surface area (TPSA) is 95.9 Å². The fourth-order valence-electron chi connectivity index (χ4n) is 3.63. The summed E-state index contributed by atoms with van der Waals surface area (Å²) in [6, 6.07) is 3.93. The van der Waals surface area contributed by atoms with Gasteiger partial charge in [0.15, 0.2) is 5.65 Å². The van der Waals surface area contributed by atoms with E-state index in [1.807, 2.05) is 31.5 Å². The van der Waals surface area contributed by atoms with E-state index in [0.717, 1.165) is 39.0 Å². The average molecular weight is 431 g/mol. The summed E-state index contributed by atoms with van der Waals surface area (Å²) < 4.78 is 12.4. The lowest BCUT2D eigenvalue weighted by Crippen LogP contribution is -2.02. The zero-order valence-corrected chi connectivity index (χ0v) is 18.6. The molecule has 0 radical (unpaired) electrons. The molecule has 4 aromatic rings. The first-order valence-corrected chi connectivity index (χ1v) is 10.7. The third kappa shape index (κ3) is 4.03. The van der Waals surface area contributed by atoms with Crippen molar-refractivity contribution >= 4 is 23.1 Å². The molecule has 32 heavy (non-hydrogen) atoms. The summed E-state index contributed by atoms with van der Waals surface area (Å²) in [4.78, 5) is 21.4. The molecule has 4 aromatic heterocycles. The Bertz CT molecular complexity index is 1300. The van der Waals surface area contributed by atoms with E-state index in [0.29, 0.717) is 31.0 Å². The van der Waals surface area contributed by atoms with Crippen molar-refractivity contribution in [1.29, 1.82) is 0 Å². The molecular formula is C24H25N5O3. The van der Waals surface area contributed by atoms with E-state index in [-0.39, 0.29) is 0 Å². The first-order valence-electron chi connectivity index (χ1n) is 10.7. The van der Waals surface area contributed by atoms with Crippen molar-refractivity contribution < 1.29 is 14.1 Å². The van der Waals surface area contributed by atoms with Gasteiger partial charge in [0.25, 0.3) is 0 Å². The largest absolute Gasteiger partial charge is 0.463 e. The highest BCUT2D eigenvalue weighted by atomic mass is 16.5.